The number of hydrogen-bond donors (Lipinski definition) is 0. The molecule has 0 aromatic carbocycles. The molecule has 3 aromatic rings. The summed E-state index contributed by atoms with van der Waals surface area (Å²) < 4.78 is 41.1. The van der Waals surface area contributed by atoms with Crippen molar-refractivity contribution >= 4 is 16.5 Å². The number of pyridine rings is 2. The molecule has 0 amide bonds. The molecule has 3 aromatic heterocycles. The number of nitrogens with zero attached hydrogens (tertiary/aromatic N) is 4. The fourth-order valence-electron chi connectivity index (χ4n) is 2.40. The van der Waals surface area contributed by atoms with Gasteiger partial charge in [-0.3, -0.25) is 4.98 Å². The van der Waals surface area contributed by atoms with Gasteiger partial charge in [0.25, 0.3) is 6.43 Å². The lowest BCUT2D eigenvalue weighted by molar-refractivity contribution is 0.146. The summed E-state index contributed by atoms with van der Waals surface area (Å²) in [6, 6.07) is 8.22. The molecule has 0 aliphatic heterocycles. The summed E-state index contributed by atoms with van der Waals surface area (Å²) in [7, 11) is 0. The van der Waals surface area contributed by atoms with E-state index in [-0.39, 0.29) is 5.69 Å². The van der Waals surface area contributed by atoms with Crippen LogP contribution in [0.25, 0.3) is 5.69 Å². The first-order valence-electron chi connectivity index (χ1n) is 7.67. The van der Waals surface area contributed by atoms with Gasteiger partial charge in [0.15, 0.2) is 5.67 Å². The van der Waals surface area contributed by atoms with E-state index in [1.165, 1.54) is 23.6 Å². The lowest BCUT2D eigenvalue weighted by atomic mass is 10.3. The van der Waals surface area contributed by atoms with Crippen LogP contribution in [0.5, 0.6) is 0 Å². The number of rotatable bonds is 4. The van der Waals surface area contributed by atoms with E-state index in [0.717, 1.165) is 0 Å². The molecule has 1 saturated carbocycles. The zero-order valence-corrected chi connectivity index (χ0v) is 13.8. The van der Waals surface area contributed by atoms with Crippen LogP contribution in [0.4, 0.5) is 18.3 Å². The third-order valence-corrected chi connectivity index (χ3v) is 4.70. The Labute approximate surface area is 145 Å². The van der Waals surface area contributed by atoms with Crippen LogP contribution in [-0.2, 0) is 5.67 Å². The van der Waals surface area contributed by atoms with Gasteiger partial charge in [-0.15, -0.1) is 11.3 Å². The normalized spacial score (nSPS) is 16.4. The number of alkyl halides is 3. The van der Waals surface area contributed by atoms with Gasteiger partial charge in [-0.1, -0.05) is 6.07 Å². The number of hydrogen-bond acceptors (Lipinski definition) is 4. The Balaban J connectivity index is 1.72. The Bertz CT molecular complexity index is 958. The zero-order chi connectivity index (χ0) is 17.4. The molecule has 3 heterocycles. The highest BCUT2D eigenvalue weighted by molar-refractivity contribution is 7.13. The molecule has 0 radical (unpaired) electrons. The monoisotopic (exact) mass is 362 g/mol. The van der Waals surface area contributed by atoms with Gasteiger partial charge in [0, 0.05) is 11.6 Å². The third-order valence-electron chi connectivity index (χ3n) is 3.96. The van der Waals surface area contributed by atoms with Crippen LogP contribution in [0.15, 0.2) is 53.1 Å². The molecule has 1 aliphatic rings. The molecule has 0 spiro atoms. The Morgan fingerprint density at radius 2 is 2.04 bits per heavy atom. The van der Waals surface area contributed by atoms with Crippen LogP contribution in [-0.4, -0.2) is 14.5 Å². The highest BCUT2D eigenvalue weighted by atomic mass is 32.1. The molecule has 0 unspecified atom stereocenters. The van der Waals surface area contributed by atoms with Crippen molar-refractivity contribution in [2.75, 3.05) is 0 Å². The maximum Gasteiger partial charge on any atom is 0.280 e. The van der Waals surface area contributed by atoms with Gasteiger partial charge < -0.3 is 4.57 Å². The van der Waals surface area contributed by atoms with Crippen LogP contribution < -0.4 is 5.49 Å². The second-order valence-corrected chi connectivity index (χ2v) is 6.60. The third kappa shape index (κ3) is 3.21. The summed E-state index contributed by atoms with van der Waals surface area (Å²) in [6.45, 7) is 0. The van der Waals surface area contributed by atoms with Crippen molar-refractivity contribution in [1.29, 1.82) is 0 Å². The standard InChI is InChI=1S/C17H13F3N4S/c18-15(19)12-5-4-11(9-21-12)24-8-2-1-3-14(24)23-16-22-13(10-25-16)17(20)6-7-17/h1-5,8-10,15H,6-7H2. The van der Waals surface area contributed by atoms with Crippen molar-refractivity contribution in [3.05, 3.63) is 65.0 Å². The lowest BCUT2D eigenvalue weighted by Crippen LogP contribution is -2.17. The van der Waals surface area contributed by atoms with Crippen LogP contribution in [0.1, 0.15) is 30.7 Å². The molecular weight excluding hydrogens is 349 g/mol. The van der Waals surface area contributed by atoms with Crippen LogP contribution in [0.2, 0.25) is 0 Å². The summed E-state index contributed by atoms with van der Waals surface area (Å²) in [5.41, 5.74) is 0.0254. The highest BCUT2D eigenvalue weighted by Gasteiger charge is 2.47. The van der Waals surface area contributed by atoms with E-state index in [1.807, 2.05) is 6.07 Å². The molecule has 0 saturated heterocycles. The molecule has 0 N–H and O–H groups in total. The quantitative estimate of drug-likeness (QED) is 0.688. The van der Waals surface area contributed by atoms with Crippen molar-refractivity contribution in [3.63, 3.8) is 0 Å². The number of halogens is 3. The van der Waals surface area contributed by atoms with Gasteiger partial charge in [0.1, 0.15) is 11.2 Å². The molecule has 4 rings (SSSR count). The van der Waals surface area contributed by atoms with Crippen molar-refractivity contribution in [3.8, 4) is 5.69 Å². The smallest absolute Gasteiger partial charge is 0.280 e. The van der Waals surface area contributed by atoms with Gasteiger partial charge >= 0.3 is 0 Å². The first-order chi connectivity index (χ1) is 12.0. The topological polar surface area (TPSA) is 43.1 Å². The van der Waals surface area contributed by atoms with Crippen molar-refractivity contribution in [1.82, 2.24) is 14.5 Å². The Morgan fingerprint density at radius 1 is 1.20 bits per heavy atom. The largest absolute Gasteiger partial charge is 0.300 e. The van der Waals surface area contributed by atoms with Gasteiger partial charge in [-0.05, 0) is 37.1 Å². The van der Waals surface area contributed by atoms with Gasteiger partial charge in [-0.2, -0.15) is 0 Å². The maximum atomic E-state index is 14.1. The molecule has 4 nitrogen and oxygen atoms in total. The molecule has 25 heavy (non-hydrogen) atoms. The summed E-state index contributed by atoms with van der Waals surface area (Å²) in [4.78, 5) is 12.5. The van der Waals surface area contributed by atoms with Crippen molar-refractivity contribution < 1.29 is 13.2 Å². The Kier molecular flexibility index (Phi) is 3.91. The van der Waals surface area contributed by atoms with Gasteiger partial charge in [-0.25, -0.2) is 23.1 Å². The van der Waals surface area contributed by atoms with Crippen LogP contribution >= 0.6 is 11.3 Å². The average molecular weight is 362 g/mol. The molecule has 0 bridgehead atoms. The average Bonchev–Trinajstić information content (AvgIpc) is 3.19. The molecular formula is C17H13F3N4S. The summed E-state index contributed by atoms with van der Waals surface area (Å²) in [5, 5.41) is 2.15. The van der Waals surface area contributed by atoms with E-state index in [2.05, 4.69) is 15.0 Å². The van der Waals surface area contributed by atoms with E-state index >= 15 is 0 Å². The Morgan fingerprint density at radius 3 is 2.72 bits per heavy atom. The molecule has 8 heteroatoms. The summed E-state index contributed by atoms with van der Waals surface area (Å²) in [6.07, 6.45) is 1.52. The molecule has 128 valence electrons. The minimum Gasteiger partial charge on any atom is -0.300 e. The van der Waals surface area contributed by atoms with E-state index in [9.17, 15) is 13.2 Å². The van der Waals surface area contributed by atoms with Crippen molar-refractivity contribution in [2.45, 2.75) is 24.9 Å². The predicted octanol–water partition coefficient (Wildman–Crippen LogP) is 4.46. The second-order valence-electron chi connectivity index (χ2n) is 5.76. The first-order valence-corrected chi connectivity index (χ1v) is 8.55. The second kappa shape index (κ2) is 6.11. The maximum absolute atomic E-state index is 14.1. The lowest BCUT2D eigenvalue weighted by Gasteiger charge is -2.07. The van der Waals surface area contributed by atoms with Gasteiger partial charge in [0.2, 0.25) is 5.13 Å². The van der Waals surface area contributed by atoms with E-state index < -0.39 is 12.1 Å². The highest BCUT2D eigenvalue weighted by Crippen LogP contribution is 2.50. The van der Waals surface area contributed by atoms with E-state index in [4.69, 9.17) is 0 Å². The number of aromatic nitrogens is 3. The Hall–Kier alpha value is -2.48. The zero-order valence-electron chi connectivity index (χ0n) is 12.9. The van der Waals surface area contributed by atoms with E-state index in [1.54, 1.807) is 34.3 Å². The minimum absolute atomic E-state index is 0.277. The molecule has 1 aliphatic carbocycles. The van der Waals surface area contributed by atoms with Crippen molar-refractivity contribution in [2.24, 2.45) is 4.99 Å². The summed E-state index contributed by atoms with van der Waals surface area (Å²) in [5.74, 6) is 0. The first kappa shape index (κ1) is 16.0. The molecule has 1 fully saturated rings. The predicted molar refractivity (Wildman–Crippen MR) is 87.9 cm³/mol. The van der Waals surface area contributed by atoms with Crippen LogP contribution in [0.3, 0.4) is 0 Å². The summed E-state index contributed by atoms with van der Waals surface area (Å²) >= 11 is 1.28. The SMILES string of the molecule is FC(F)c1ccc(-n2ccccc2=Nc2nc(C3(F)CC3)cs2)cn1. The van der Waals surface area contributed by atoms with Crippen LogP contribution in [0, 0.1) is 0 Å². The number of thiazole rings is 1. The fourth-order valence-corrected chi connectivity index (χ4v) is 3.18. The molecule has 0 atom stereocenters. The van der Waals surface area contributed by atoms with E-state index in [0.29, 0.717) is 34.8 Å². The fraction of sp³-hybridized carbons (Fsp3) is 0.235. The van der Waals surface area contributed by atoms with Gasteiger partial charge in [0.05, 0.1) is 17.6 Å². The minimum atomic E-state index is -2.61.